The number of methoxy groups -OCH3 is 1. The average Bonchev–Trinajstić information content (AvgIpc) is 2.38. The molecule has 1 aliphatic rings. The van der Waals surface area contributed by atoms with Crippen molar-refractivity contribution in [2.75, 3.05) is 12.8 Å². The van der Waals surface area contributed by atoms with Crippen molar-refractivity contribution < 1.29 is 9.53 Å². The summed E-state index contributed by atoms with van der Waals surface area (Å²) in [6, 6.07) is 5.86. The lowest BCUT2D eigenvalue weighted by molar-refractivity contribution is 0.0507. The second kappa shape index (κ2) is 5.51. The maximum absolute atomic E-state index is 12.7. The van der Waals surface area contributed by atoms with Gasteiger partial charge in [0.25, 0.3) is 5.91 Å². The van der Waals surface area contributed by atoms with Gasteiger partial charge < -0.3 is 15.4 Å². The Bertz CT molecular complexity index is 463. The van der Waals surface area contributed by atoms with E-state index in [-0.39, 0.29) is 18.0 Å². The van der Waals surface area contributed by atoms with Gasteiger partial charge in [-0.25, -0.2) is 0 Å². The molecule has 0 spiro atoms. The average molecular weight is 262 g/mol. The summed E-state index contributed by atoms with van der Waals surface area (Å²) in [4.78, 5) is 14.7. The van der Waals surface area contributed by atoms with E-state index in [0.29, 0.717) is 17.0 Å². The first-order valence-electron chi connectivity index (χ1n) is 6.81. The van der Waals surface area contributed by atoms with E-state index in [9.17, 15) is 4.79 Å². The van der Waals surface area contributed by atoms with Crippen molar-refractivity contribution in [2.45, 2.75) is 45.2 Å². The van der Waals surface area contributed by atoms with Gasteiger partial charge in [-0.3, -0.25) is 4.79 Å². The minimum Gasteiger partial charge on any atom is -0.494 e. The number of rotatable bonds is 2. The highest BCUT2D eigenvalue weighted by molar-refractivity contribution is 5.99. The first-order chi connectivity index (χ1) is 9.06. The standard InChI is InChI=1S/C15H22N2O2/c1-10-6-4-7-11(2)17(10)15(18)12-8-5-9-13(16)14(12)19-3/h5,8-11H,4,6-7,16H2,1-3H3. The Morgan fingerprint density at radius 2 is 1.95 bits per heavy atom. The number of ether oxygens (including phenoxy) is 1. The number of benzene rings is 1. The van der Waals surface area contributed by atoms with E-state index in [1.165, 1.54) is 6.42 Å². The molecule has 1 fully saturated rings. The Kier molecular flexibility index (Phi) is 3.98. The van der Waals surface area contributed by atoms with Gasteiger partial charge >= 0.3 is 0 Å². The lowest BCUT2D eigenvalue weighted by Gasteiger charge is -2.39. The number of anilines is 1. The normalized spacial score (nSPS) is 23.2. The molecule has 1 heterocycles. The highest BCUT2D eigenvalue weighted by Gasteiger charge is 2.31. The molecule has 2 rings (SSSR count). The number of para-hydroxylation sites is 1. The van der Waals surface area contributed by atoms with Crippen LogP contribution in [0.1, 0.15) is 43.5 Å². The smallest absolute Gasteiger partial charge is 0.258 e. The van der Waals surface area contributed by atoms with Crippen LogP contribution in [0.25, 0.3) is 0 Å². The van der Waals surface area contributed by atoms with Crippen LogP contribution in [-0.4, -0.2) is 30.0 Å². The maximum atomic E-state index is 12.7. The lowest BCUT2D eigenvalue weighted by atomic mass is 9.96. The molecule has 0 radical (unpaired) electrons. The topological polar surface area (TPSA) is 55.6 Å². The molecule has 2 N–H and O–H groups in total. The number of carbonyl (C=O) groups is 1. The zero-order chi connectivity index (χ0) is 14.0. The third-order valence-corrected chi connectivity index (χ3v) is 3.91. The van der Waals surface area contributed by atoms with Crippen LogP contribution >= 0.6 is 0 Å². The second-order valence-corrected chi connectivity index (χ2v) is 5.27. The maximum Gasteiger partial charge on any atom is 0.258 e. The summed E-state index contributed by atoms with van der Waals surface area (Å²) < 4.78 is 5.29. The largest absolute Gasteiger partial charge is 0.494 e. The van der Waals surface area contributed by atoms with Gasteiger partial charge in [0.15, 0.2) is 5.75 Å². The fraction of sp³-hybridized carbons (Fsp3) is 0.533. The molecule has 1 aromatic carbocycles. The van der Waals surface area contributed by atoms with Crippen molar-refractivity contribution in [3.63, 3.8) is 0 Å². The Morgan fingerprint density at radius 3 is 2.53 bits per heavy atom. The van der Waals surface area contributed by atoms with Crippen LogP contribution in [0.3, 0.4) is 0 Å². The summed E-state index contributed by atoms with van der Waals surface area (Å²) in [5.74, 6) is 0.501. The number of hydrogen-bond acceptors (Lipinski definition) is 3. The predicted octanol–water partition coefficient (Wildman–Crippen LogP) is 2.68. The summed E-state index contributed by atoms with van der Waals surface area (Å²) in [6.07, 6.45) is 3.29. The number of carbonyl (C=O) groups excluding carboxylic acids is 1. The second-order valence-electron chi connectivity index (χ2n) is 5.27. The zero-order valence-electron chi connectivity index (χ0n) is 11.8. The number of hydrogen-bond donors (Lipinski definition) is 1. The molecule has 0 aliphatic carbocycles. The monoisotopic (exact) mass is 262 g/mol. The van der Waals surface area contributed by atoms with Crippen LogP contribution in [0, 0.1) is 0 Å². The Labute approximate surface area is 114 Å². The van der Waals surface area contributed by atoms with E-state index in [4.69, 9.17) is 10.5 Å². The highest BCUT2D eigenvalue weighted by atomic mass is 16.5. The minimum absolute atomic E-state index is 0.0175. The third-order valence-electron chi connectivity index (χ3n) is 3.91. The van der Waals surface area contributed by atoms with Crippen molar-refractivity contribution in [1.29, 1.82) is 0 Å². The molecule has 2 unspecified atom stereocenters. The lowest BCUT2D eigenvalue weighted by Crippen LogP contribution is -2.47. The van der Waals surface area contributed by atoms with Crippen LogP contribution in [-0.2, 0) is 0 Å². The molecule has 4 nitrogen and oxygen atoms in total. The fourth-order valence-electron chi connectivity index (χ4n) is 2.91. The molecular weight excluding hydrogens is 240 g/mol. The molecule has 0 bridgehead atoms. The molecule has 4 heteroatoms. The molecular formula is C15H22N2O2. The van der Waals surface area contributed by atoms with Gasteiger partial charge in [0.05, 0.1) is 18.4 Å². The number of piperidine rings is 1. The molecule has 0 aromatic heterocycles. The van der Waals surface area contributed by atoms with Crippen molar-refractivity contribution in [1.82, 2.24) is 4.90 Å². The SMILES string of the molecule is COc1c(N)cccc1C(=O)N1C(C)CCCC1C. The number of nitrogens with two attached hydrogens (primary N) is 1. The number of likely N-dealkylation sites (tertiary alicyclic amines) is 1. The third kappa shape index (κ3) is 2.53. The van der Waals surface area contributed by atoms with Gasteiger partial charge in [-0.2, -0.15) is 0 Å². The van der Waals surface area contributed by atoms with Crippen molar-refractivity contribution >= 4 is 11.6 Å². The van der Waals surface area contributed by atoms with Gasteiger partial charge in [-0.1, -0.05) is 6.07 Å². The van der Waals surface area contributed by atoms with E-state index in [1.54, 1.807) is 25.3 Å². The number of amides is 1. The summed E-state index contributed by atoms with van der Waals surface area (Å²) >= 11 is 0. The Hall–Kier alpha value is -1.71. The number of nitrogens with zero attached hydrogens (tertiary/aromatic N) is 1. The molecule has 19 heavy (non-hydrogen) atoms. The highest BCUT2D eigenvalue weighted by Crippen LogP contribution is 2.31. The van der Waals surface area contributed by atoms with Crippen LogP contribution in [0.4, 0.5) is 5.69 Å². The summed E-state index contributed by atoms with van der Waals surface area (Å²) in [6.45, 7) is 4.21. The summed E-state index contributed by atoms with van der Waals surface area (Å²) in [5, 5.41) is 0. The minimum atomic E-state index is 0.0175. The van der Waals surface area contributed by atoms with E-state index >= 15 is 0 Å². The van der Waals surface area contributed by atoms with E-state index in [2.05, 4.69) is 13.8 Å². The van der Waals surface area contributed by atoms with Crippen LogP contribution in [0.2, 0.25) is 0 Å². The summed E-state index contributed by atoms with van der Waals surface area (Å²) in [5.41, 5.74) is 6.94. The van der Waals surface area contributed by atoms with Gasteiger partial charge in [0.2, 0.25) is 0 Å². The van der Waals surface area contributed by atoms with Crippen LogP contribution in [0.5, 0.6) is 5.75 Å². The van der Waals surface area contributed by atoms with Gasteiger partial charge in [-0.05, 0) is 45.2 Å². The van der Waals surface area contributed by atoms with E-state index < -0.39 is 0 Å². The molecule has 1 amide bonds. The van der Waals surface area contributed by atoms with Crippen LogP contribution in [0.15, 0.2) is 18.2 Å². The van der Waals surface area contributed by atoms with Gasteiger partial charge in [0, 0.05) is 12.1 Å². The zero-order valence-corrected chi connectivity index (χ0v) is 11.8. The Balaban J connectivity index is 2.36. The quantitative estimate of drug-likeness (QED) is 0.834. The van der Waals surface area contributed by atoms with Crippen molar-refractivity contribution in [2.24, 2.45) is 0 Å². The van der Waals surface area contributed by atoms with Crippen molar-refractivity contribution in [3.8, 4) is 5.75 Å². The fourth-order valence-corrected chi connectivity index (χ4v) is 2.91. The number of nitrogen functional groups attached to an aromatic ring is 1. The first kappa shape index (κ1) is 13.7. The molecule has 1 saturated heterocycles. The van der Waals surface area contributed by atoms with Gasteiger partial charge in [-0.15, -0.1) is 0 Å². The molecule has 1 aromatic rings. The van der Waals surface area contributed by atoms with Crippen LogP contribution < -0.4 is 10.5 Å². The van der Waals surface area contributed by atoms with E-state index in [0.717, 1.165) is 12.8 Å². The first-order valence-corrected chi connectivity index (χ1v) is 6.81. The molecule has 0 saturated carbocycles. The van der Waals surface area contributed by atoms with E-state index in [1.807, 2.05) is 4.90 Å². The Morgan fingerprint density at radius 1 is 1.32 bits per heavy atom. The van der Waals surface area contributed by atoms with Gasteiger partial charge in [0.1, 0.15) is 0 Å². The van der Waals surface area contributed by atoms with Crippen molar-refractivity contribution in [3.05, 3.63) is 23.8 Å². The molecule has 2 atom stereocenters. The summed E-state index contributed by atoms with van der Waals surface area (Å²) in [7, 11) is 1.55. The molecule has 1 aliphatic heterocycles. The predicted molar refractivity (Wildman–Crippen MR) is 76.4 cm³/mol. The molecule has 104 valence electrons.